The van der Waals surface area contributed by atoms with Crippen LogP contribution < -0.4 is 0 Å². The van der Waals surface area contributed by atoms with Gasteiger partial charge in [-0.3, -0.25) is 9.48 Å². The summed E-state index contributed by atoms with van der Waals surface area (Å²) in [5, 5.41) is 5.09. The molecule has 35 heavy (non-hydrogen) atoms. The Hall–Kier alpha value is -1.82. The van der Waals surface area contributed by atoms with Gasteiger partial charge >= 0.3 is 0 Å². The van der Waals surface area contributed by atoms with Gasteiger partial charge in [-0.1, -0.05) is 13.8 Å². The normalized spacial score (nSPS) is 40.8. The highest BCUT2D eigenvalue weighted by molar-refractivity contribution is 5.84. The second-order valence-electron chi connectivity index (χ2n) is 12.8. The molecule has 0 aromatic carbocycles. The van der Waals surface area contributed by atoms with Gasteiger partial charge in [-0.2, -0.15) is 9.49 Å². The molecule has 2 aromatic rings. The lowest BCUT2D eigenvalue weighted by atomic mass is 9.44. The molecule has 0 spiro atoms. The molecule has 6 rings (SSSR count). The predicted octanol–water partition coefficient (Wildman–Crippen LogP) is 6.06. The molecule has 190 valence electrons. The molecule has 0 N–H and O–H groups in total. The van der Waals surface area contributed by atoms with E-state index in [2.05, 4.69) is 23.9 Å². The summed E-state index contributed by atoms with van der Waals surface area (Å²) >= 11 is 0. The SMILES string of the molecule is COCC1CCC2(C)C(CCC3C2CCC2(C)C(C(=O)Cn4ncc5cc(F)ncc54)CCC32)C1. The highest BCUT2D eigenvalue weighted by atomic mass is 19.1. The summed E-state index contributed by atoms with van der Waals surface area (Å²) in [6, 6.07) is 1.39. The quantitative estimate of drug-likeness (QED) is 0.487. The summed E-state index contributed by atoms with van der Waals surface area (Å²) in [6.07, 6.45) is 14.5. The average Bonchev–Trinajstić information content (AvgIpc) is 3.39. The van der Waals surface area contributed by atoms with E-state index in [-0.39, 0.29) is 17.9 Å². The Morgan fingerprint density at radius 2 is 1.89 bits per heavy atom. The van der Waals surface area contributed by atoms with Crippen LogP contribution in [0.15, 0.2) is 18.5 Å². The van der Waals surface area contributed by atoms with Gasteiger partial charge in [0.1, 0.15) is 6.54 Å². The standard InChI is InChI=1S/C29H40FN3O2/c1-28-10-8-18(17-35-3)12-20(28)4-5-21-22-6-7-24(29(22,2)11-9-23(21)28)26(34)16-33-25-15-31-27(30)13-19(25)14-32-33/h13-15,18,20-24H,4-12,16-17H2,1-3H3. The highest BCUT2D eigenvalue weighted by Crippen LogP contribution is 2.67. The van der Waals surface area contributed by atoms with Crippen molar-refractivity contribution in [3.63, 3.8) is 0 Å². The number of nitrogens with zero attached hydrogens (tertiary/aromatic N) is 3. The van der Waals surface area contributed by atoms with Gasteiger partial charge in [0.2, 0.25) is 5.95 Å². The van der Waals surface area contributed by atoms with E-state index in [1.807, 2.05) is 7.11 Å². The number of pyridine rings is 1. The fraction of sp³-hybridized carbons (Fsp3) is 0.759. The Balaban J connectivity index is 1.19. The van der Waals surface area contributed by atoms with Gasteiger partial charge in [0.05, 0.1) is 17.9 Å². The first-order valence-electron chi connectivity index (χ1n) is 13.8. The molecule has 0 radical (unpaired) electrons. The summed E-state index contributed by atoms with van der Waals surface area (Å²) in [4.78, 5) is 17.4. The number of fused-ring (bicyclic) bond motifs is 6. The molecule has 0 amide bonds. The van der Waals surface area contributed by atoms with Crippen LogP contribution in [0.25, 0.3) is 10.9 Å². The number of methoxy groups -OCH3 is 1. The van der Waals surface area contributed by atoms with Crippen molar-refractivity contribution in [1.82, 2.24) is 14.8 Å². The minimum atomic E-state index is -0.512. The third-order valence-corrected chi connectivity index (χ3v) is 11.4. The Morgan fingerprint density at radius 1 is 1.09 bits per heavy atom. The van der Waals surface area contributed by atoms with Crippen LogP contribution in [-0.2, 0) is 16.1 Å². The maximum atomic E-state index is 13.7. The molecular formula is C29H40FN3O2. The summed E-state index contributed by atoms with van der Waals surface area (Å²) in [5.41, 5.74) is 1.30. The Morgan fingerprint density at radius 3 is 2.71 bits per heavy atom. The summed E-state index contributed by atoms with van der Waals surface area (Å²) in [6.45, 7) is 6.21. The smallest absolute Gasteiger partial charge is 0.213 e. The second-order valence-corrected chi connectivity index (χ2v) is 12.8. The summed E-state index contributed by atoms with van der Waals surface area (Å²) < 4.78 is 20.7. The summed E-state index contributed by atoms with van der Waals surface area (Å²) in [7, 11) is 1.84. The molecule has 8 atom stereocenters. The van der Waals surface area contributed by atoms with E-state index in [0.717, 1.165) is 42.2 Å². The zero-order chi connectivity index (χ0) is 24.4. The van der Waals surface area contributed by atoms with Gasteiger partial charge in [-0.15, -0.1) is 0 Å². The van der Waals surface area contributed by atoms with Crippen molar-refractivity contribution in [3.05, 3.63) is 24.4 Å². The number of carbonyl (C=O) groups excluding carboxylic acids is 1. The minimum absolute atomic E-state index is 0.0992. The molecule has 5 nitrogen and oxygen atoms in total. The first-order chi connectivity index (χ1) is 16.8. The molecule has 0 aliphatic heterocycles. The number of hydrogen-bond donors (Lipinski definition) is 0. The number of ketones is 1. The zero-order valence-corrected chi connectivity index (χ0v) is 21.5. The van der Waals surface area contributed by atoms with Gasteiger partial charge in [0.15, 0.2) is 5.78 Å². The maximum Gasteiger partial charge on any atom is 0.213 e. The first-order valence-corrected chi connectivity index (χ1v) is 13.8. The van der Waals surface area contributed by atoms with Crippen molar-refractivity contribution in [1.29, 1.82) is 0 Å². The molecule has 0 saturated heterocycles. The van der Waals surface area contributed by atoms with Crippen LogP contribution in [0.2, 0.25) is 0 Å². The number of halogens is 1. The molecule has 2 heterocycles. The van der Waals surface area contributed by atoms with Crippen molar-refractivity contribution < 1.29 is 13.9 Å². The van der Waals surface area contributed by atoms with Crippen LogP contribution in [-0.4, -0.2) is 34.3 Å². The lowest BCUT2D eigenvalue weighted by Crippen LogP contribution is -2.54. The number of hydrogen-bond acceptors (Lipinski definition) is 4. The number of Topliss-reactive ketones (excluding diaryl/α,β-unsaturated/α-hetero) is 1. The van der Waals surface area contributed by atoms with Gasteiger partial charge in [0.25, 0.3) is 0 Å². The molecule has 4 aliphatic carbocycles. The molecular weight excluding hydrogens is 441 g/mol. The molecule has 4 fully saturated rings. The molecule has 4 aliphatic rings. The van der Waals surface area contributed by atoms with E-state index in [1.165, 1.54) is 63.6 Å². The highest BCUT2D eigenvalue weighted by Gasteiger charge is 2.61. The van der Waals surface area contributed by atoms with E-state index in [9.17, 15) is 9.18 Å². The van der Waals surface area contributed by atoms with Gasteiger partial charge in [-0.05, 0) is 98.2 Å². The van der Waals surface area contributed by atoms with Crippen LogP contribution in [0.1, 0.15) is 71.6 Å². The monoisotopic (exact) mass is 481 g/mol. The Labute approximate surface area is 208 Å². The fourth-order valence-electron chi connectivity index (χ4n) is 9.60. The number of carbonyl (C=O) groups is 1. The van der Waals surface area contributed by atoms with Crippen LogP contribution >= 0.6 is 0 Å². The van der Waals surface area contributed by atoms with E-state index in [1.54, 1.807) is 10.9 Å². The third-order valence-electron chi connectivity index (χ3n) is 11.4. The van der Waals surface area contributed by atoms with Crippen LogP contribution in [0.5, 0.6) is 0 Å². The van der Waals surface area contributed by atoms with E-state index >= 15 is 0 Å². The molecule has 6 heteroatoms. The fourth-order valence-corrected chi connectivity index (χ4v) is 9.60. The second kappa shape index (κ2) is 8.64. The van der Waals surface area contributed by atoms with Crippen LogP contribution in [0.3, 0.4) is 0 Å². The lowest BCUT2D eigenvalue weighted by Gasteiger charge is -2.61. The molecule has 0 bridgehead atoms. The Bertz CT molecular complexity index is 1120. The van der Waals surface area contributed by atoms with Gasteiger partial charge in [-0.25, -0.2) is 4.98 Å². The van der Waals surface area contributed by atoms with Crippen molar-refractivity contribution in [2.24, 2.45) is 46.3 Å². The van der Waals surface area contributed by atoms with Gasteiger partial charge < -0.3 is 4.74 Å². The zero-order valence-electron chi connectivity index (χ0n) is 21.5. The molecule has 2 aromatic heterocycles. The van der Waals surface area contributed by atoms with Crippen LogP contribution in [0.4, 0.5) is 4.39 Å². The van der Waals surface area contributed by atoms with Gasteiger partial charge in [0, 0.05) is 31.1 Å². The number of rotatable bonds is 5. The third kappa shape index (κ3) is 3.69. The largest absolute Gasteiger partial charge is 0.384 e. The number of aromatic nitrogens is 3. The van der Waals surface area contributed by atoms with Crippen molar-refractivity contribution in [3.8, 4) is 0 Å². The predicted molar refractivity (Wildman–Crippen MR) is 133 cm³/mol. The summed E-state index contributed by atoms with van der Waals surface area (Å²) in [5.74, 6) is 3.70. The van der Waals surface area contributed by atoms with Crippen LogP contribution in [0, 0.1) is 52.3 Å². The number of ether oxygens (including phenoxy) is 1. The minimum Gasteiger partial charge on any atom is -0.384 e. The average molecular weight is 482 g/mol. The lowest BCUT2D eigenvalue weighted by molar-refractivity contribution is -0.138. The van der Waals surface area contributed by atoms with E-state index < -0.39 is 5.95 Å². The van der Waals surface area contributed by atoms with E-state index in [4.69, 9.17) is 4.74 Å². The topological polar surface area (TPSA) is 57.0 Å². The van der Waals surface area contributed by atoms with Crippen molar-refractivity contribution in [2.75, 3.05) is 13.7 Å². The van der Waals surface area contributed by atoms with Crippen molar-refractivity contribution in [2.45, 2.75) is 78.2 Å². The molecule has 4 saturated carbocycles. The van der Waals surface area contributed by atoms with Crippen molar-refractivity contribution >= 4 is 16.7 Å². The Kier molecular flexibility index (Phi) is 5.82. The van der Waals surface area contributed by atoms with E-state index in [0.29, 0.717) is 22.5 Å². The first kappa shape index (κ1) is 23.6. The maximum absolute atomic E-state index is 13.7. The molecule has 8 unspecified atom stereocenters.